The lowest BCUT2D eigenvalue weighted by atomic mass is 9.95. The number of halogens is 1. The second-order valence-electron chi connectivity index (χ2n) is 9.94. The molecule has 1 saturated heterocycles. The lowest BCUT2D eigenvalue weighted by molar-refractivity contribution is 0.585. The normalized spacial score (nSPS) is 14.2. The number of aromatic nitrogens is 4. The summed E-state index contributed by atoms with van der Waals surface area (Å²) in [4.78, 5) is 20.6. The molecule has 3 aromatic carbocycles. The van der Waals surface area contributed by atoms with E-state index in [4.69, 9.17) is 11.6 Å². The molecule has 0 saturated carbocycles. The smallest absolute Gasteiger partial charge is 0.353 e. The van der Waals surface area contributed by atoms with Crippen LogP contribution in [0.1, 0.15) is 30.9 Å². The Morgan fingerprint density at radius 3 is 2.59 bits per heavy atom. The fourth-order valence-electron chi connectivity index (χ4n) is 5.44. The van der Waals surface area contributed by atoms with Gasteiger partial charge >= 0.3 is 5.69 Å². The predicted molar refractivity (Wildman–Crippen MR) is 151 cm³/mol. The van der Waals surface area contributed by atoms with E-state index >= 15 is 0 Å². The molecule has 8 heteroatoms. The number of piperazine rings is 1. The first kappa shape index (κ1) is 23.7. The van der Waals surface area contributed by atoms with Gasteiger partial charge in [0.25, 0.3) is 0 Å². The number of hydrogen-bond donors (Lipinski definition) is 2. The van der Waals surface area contributed by atoms with Gasteiger partial charge in [-0.1, -0.05) is 49.7 Å². The highest BCUT2D eigenvalue weighted by atomic mass is 35.5. The van der Waals surface area contributed by atoms with Gasteiger partial charge in [-0.15, -0.1) is 0 Å². The van der Waals surface area contributed by atoms with Crippen LogP contribution >= 0.6 is 11.6 Å². The quantitative estimate of drug-likeness (QED) is 0.336. The number of para-hydroxylation sites is 1. The van der Waals surface area contributed by atoms with E-state index in [-0.39, 0.29) is 11.6 Å². The van der Waals surface area contributed by atoms with Gasteiger partial charge in [-0.05, 0) is 53.8 Å². The van der Waals surface area contributed by atoms with E-state index in [1.165, 1.54) is 0 Å². The zero-order valence-electron chi connectivity index (χ0n) is 21.2. The molecular weight excluding hydrogens is 484 g/mol. The maximum Gasteiger partial charge on any atom is 0.354 e. The third kappa shape index (κ3) is 3.99. The van der Waals surface area contributed by atoms with Gasteiger partial charge in [-0.2, -0.15) is 10.1 Å². The fourth-order valence-corrected chi connectivity index (χ4v) is 5.69. The summed E-state index contributed by atoms with van der Waals surface area (Å²) in [5.41, 5.74) is 6.34. The fraction of sp³-hybridized carbons (Fsp3) is 0.276. The third-order valence-electron chi connectivity index (χ3n) is 7.28. The number of H-pyrrole nitrogens is 1. The van der Waals surface area contributed by atoms with Crippen molar-refractivity contribution >= 4 is 39.2 Å². The van der Waals surface area contributed by atoms with Gasteiger partial charge < -0.3 is 10.2 Å². The topological polar surface area (TPSA) is 78.8 Å². The van der Waals surface area contributed by atoms with Crippen LogP contribution in [0.4, 0.5) is 5.82 Å². The second-order valence-corrected chi connectivity index (χ2v) is 10.3. The molecule has 1 aliphatic rings. The molecule has 0 bridgehead atoms. The average Bonchev–Trinajstić information content (AvgIpc) is 3.38. The van der Waals surface area contributed by atoms with Crippen molar-refractivity contribution in [3.05, 3.63) is 81.4 Å². The molecule has 1 aliphatic heterocycles. The molecule has 0 amide bonds. The SMILES string of the molecule is Cc1ccc2[nH]ncc2c1-c1cc2c(cc1Cl)c(N1CCNCC1)nc(=O)n2-c1ccccc1C(C)C. The maximum atomic E-state index is 13.8. The summed E-state index contributed by atoms with van der Waals surface area (Å²) in [7, 11) is 0. The molecule has 0 unspecified atom stereocenters. The number of nitrogens with zero attached hydrogens (tertiary/aromatic N) is 4. The van der Waals surface area contributed by atoms with Crippen LogP contribution in [0.25, 0.3) is 38.6 Å². The Bertz CT molecular complexity index is 1700. The maximum absolute atomic E-state index is 13.8. The first-order valence-electron chi connectivity index (χ1n) is 12.7. The van der Waals surface area contributed by atoms with Crippen LogP contribution in [-0.2, 0) is 0 Å². The minimum absolute atomic E-state index is 0.236. The number of fused-ring (bicyclic) bond motifs is 2. The Labute approximate surface area is 220 Å². The number of aromatic amines is 1. The van der Waals surface area contributed by atoms with Gasteiger partial charge in [0, 0.05) is 47.5 Å². The van der Waals surface area contributed by atoms with Crippen molar-refractivity contribution in [2.75, 3.05) is 31.1 Å². The Morgan fingerprint density at radius 1 is 1.03 bits per heavy atom. The molecule has 1 fully saturated rings. The summed E-state index contributed by atoms with van der Waals surface area (Å²) in [6.07, 6.45) is 1.83. The molecule has 6 rings (SSSR count). The number of rotatable bonds is 4. The molecule has 0 spiro atoms. The van der Waals surface area contributed by atoms with E-state index in [1.807, 2.05) is 36.5 Å². The first-order chi connectivity index (χ1) is 17.9. The minimum Gasteiger partial charge on any atom is -0.353 e. The van der Waals surface area contributed by atoms with Gasteiger partial charge in [0.15, 0.2) is 0 Å². The number of anilines is 1. The minimum atomic E-state index is -0.291. The summed E-state index contributed by atoms with van der Waals surface area (Å²) < 4.78 is 1.75. The lowest BCUT2D eigenvalue weighted by Gasteiger charge is -2.30. The highest BCUT2D eigenvalue weighted by molar-refractivity contribution is 6.35. The molecule has 5 aromatic rings. The number of benzene rings is 3. The summed E-state index contributed by atoms with van der Waals surface area (Å²) in [5, 5.41) is 13.2. The van der Waals surface area contributed by atoms with Crippen LogP contribution in [0, 0.1) is 6.92 Å². The highest BCUT2D eigenvalue weighted by Crippen LogP contribution is 2.40. The summed E-state index contributed by atoms with van der Waals surface area (Å²) in [6, 6.07) is 16.2. The predicted octanol–water partition coefficient (Wildman–Crippen LogP) is 5.42. The van der Waals surface area contributed by atoms with E-state index in [0.717, 1.165) is 75.9 Å². The average molecular weight is 513 g/mol. The Hall–Kier alpha value is -3.68. The van der Waals surface area contributed by atoms with Crippen LogP contribution in [0.2, 0.25) is 5.02 Å². The van der Waals surface area contributed by atoms with Crippen molar-refractivity contribution in [1.29, 1.82) is 0 Å². The summed E-state index contributed by atoms with van der Waals surface area (Å²) in [6.45, 7) is 9.59. The van der Waals surface area contributed by atoms with E-state index in [2.05, 4.69) is 64.4 Å². The van der Waals surface area contributed by atoms with E-state index < -0.39 is 0 Å². The van der Waals surface area contributed by atoms with Crippen LogP contribution in [0.5, 0.6) is 0 Å². The molecule has 188 valence electrons. The molecule has 0 aliphatic carbocycles. The molecule has 0 radical (unpaired) electrons. The molecule has 37 heavy (non-hydrogen) atoms. The standard InChI is InChI=1S/C29H29ClN6O/c1-17(2)19-6-4-5-7-25(19)36-26-15-20(27-18(3)8-9-24-22(27)16-32-34-24)23(30)14-21(26)28(33-29(36)37)35-12-10-31-11-13-35/h4-9,14-17,31H,10-13H2,1-3H3,(H,32,34). The zero-order valence-corrected chi connectivity index (χ0v) is 21.9. The van der Waals surface area contributed by atoms with Crippen molar-refractivity contribution in [3.8, 4) is 16.8 Å². The summed E-state index contributed by atoms with van der Waals surface area (Å²) in [5.74, 6) is 0.922. The zero-order chi connectivity index (χ0) is 25.7. The van der Waals surface area contributed by atoms with Gasteiger partial charge in [-0.25, -0.2) is 4.79 Å². The molecule has 7 nitrogen and oxygen atoms in total. The van der Waals surface area contributed by atoms with Gasteiger partial charge in [-0.3, -0.25) is 9.67 Å². The third-order valence-corrected chi connectivity index (χ3v) is 7.59. The summed E-state index contributed by atoms with van der Waals surface area (Å²) >= 11 is 7.03. The Kier molecular flexibility index (Phi) is 5.97. The van der Waals surface area contributed by atoms with Crippen LogP contribution in [-0.4, -0.2) is 45.9 Å². The van der Waals surface area contributed by atoms with E-state index in [0.29, 0.717) is 10.8 Å². The van der Waals surface area contributed by atoms with E-state index in [1.54, 1.807) is 4.57 Å². The number of nitrogens with one attached hydrogen (secondary N) is 2. The van der Waals surface area contributed by atoms with Gasteiger partial charge in [0.2, 0.25) is 0 Å². The van der Waals surface area contributed by atoms with Crippen LogP contribution < -0.4 is 15.9 Å². The number of aryl methyl sites for hydroxylation is 1. The van der Waals surface area contributed by atoms with Crippen molar-refractivity contribution < 1.29 is 0 Å². The van der Waals surface area contributed by atoms with Crippen molar-refractivity contribution in [1.82, 2.24) is 25.1 Å². The van der Waals surface area contributed by atoms with Crippen LogP contribution in [0.3, 0.4) is 0 Å². The lowest BCUT2D eigenvalue weighted by Crippen LogP contribution is -2.44. The highest BCUT2D eigenvalue weighted by Gasteiger charge is 2.23. The molecule has 2 N–H and O–H groups in total. The largest absolute Gasteiger partial charge is 0.354 e. The van der Waals surface area contributed by atoms with Crippen molar-refractivity contribution in [2.24, 2.45) is 0 Å². The van der Waals surface area contributed by atoms with E-state index in [9.17, 15) is 4.79 Å². The van der Waals surface area contributed by atoms with Crippen molar-refractivity contribution in [3.63, 3.8) is 0 Å². The molecule has 3 heterocycles. The monoisotopic (exact) mass is 512 g/mol. The molecule has 0 atom stereocenters. The van der Waals surface area contributed by atoms with Crippen molar-refractivity contribution in [2.45, 2.75) is 26.7 Å². The number of hydrogen-bond acceptors (Lipinski definition) is 5. The first-order valence-corrected chi connectivity index (χ1v) is 13.1. The van der Waals surface area contributed by atoms with Crippen LogP contribution in [0.15, 0.2) is 59.5 Å². The molecule has 2 aromatic heterocycles. The molecular formula is C29H29ClN6O. The van der Waals surface area contributed by atoms with Gasteiger partial charge in [0.1, 0.15) is 5.82 Å². The Balaban J connectivity index is 1.72. The van der Waals surface area contributed by atoms with Gasteiger partial charge in [0.05, 0.1) is 22.9 Å². The Morgan fingerprint density at radius 2 is 1.81 bits per heavy atom. The second kappa shape index (κ2) is 9.32.